The molecule has 0 spiro atoms. The van der Waals surface area contributed by atoms with E-state index < -0.39 is 17.8 Å². The van der Waals surface area contributed by atoms with Crippen molar-refractivity contribution in [3.05, 3.63) is 65.5 Å². The molecular formula is C20H21FN2O2. The van der Waals surface area contributed by atoms with E-state index in [1.165, 1.54) is 22.6 Å². The third kappa shape index (κ3) is 3.71. The first-order chi connectivity index (χ1) is 12.1. The zero-order valence-electron chi connectivity index (χ0n) is 14.2. The molecule has 1 fully saturated rings. The summed E-state index contributed by atoms with van der Waals surface area (Å²) in [7, 11) is 0. The molecule has 0 unspecified atom stereocenters. The molecule has 130 valence electrons. The molecule has 4 nitrogen and oxygen atoms in total. The SMILES string of the molecule is CCc1ccc(NC(=O)[C@@H]2CCCN2C(=O)c2ccccc2F)cc1. The van der Waals surface area contributed by atoms with Crippen molar-refractivity contribution in [1.82, 2.24) is 4.90 Å². The number of nitrogens with one attached hydrogen (secondary N) is 1. The molecule has 2 aromatic rings. The molecule has 0 radical (unpaired) electrons. The lowest BCUT2D eigenvalue weighted by molar-refractivity contribution is -0.119. The number of nitrogens with zero attached hydrogens (tertiary/aromatic N) is 1. The highest BCUT2D eigenvalue weighted by molar-refractivity contribution is 6.01. The van der Waals surface area contributed by atoms with E-state index in [-0.39, 0.29) is 11.5 Å². The van der Waals surface area contributed by atoms with Gasteiger partial charge < -0.3 is 10.2 Å². The van der Waals surface area contributed by atoms with Crippen LogP contribution in [0.2, 0.25) is 0 Å². The molecule has 1 atom stereocenters. The second-order valence-electron chi connectivity index (χ2n) is 6.18. The van der Waals surface area contributed by atoms with Gasteiger partial charge >= 0.3 is 0 Å². The summed E-state index contributed by atoms with van der Waals surface area (Å²) in [5.41, 5.74) is 1.90. The lowest BCUT2D eigenvalue weighted by Gasteiger charge is -2.24. The Balaban J connectivity index is 1.73. The van der Waals surface area contributed by atoms with E-state index in [9.17, 15) is 14.0 Å². The number of benzene rings is 2. The summed E-state index contributed by atoms with van der Waals surface area (Å²) in [5.74, 6) is -1.22. The number of carbonyl (C=O) groups is 2. The zero-order valence-corrected chi connectivity index (χ0v) is 14.2. The second-order valence-corrected chi connectivity index (χ2v) is 6.18. The predicted molar refractivity (Wildman–Crippen MR) is 94.9 cm³/mol. The van der Waals surface area contributed by atoms with Crippen molar-refractivity contribution in [3.63, 3.8) is 0 Å². The van der Waals surface area contributed by atoms with Crippen molar-refractivity contribution in [3.8, 4) is 0 Å². The third-order valence-electron chi connectivity index (χ3n) is 4.55. The first-order valence-corrected chi connectivity index (χ1v) is 8.55. The number of halogens is 1. The summed E-state index contributed by atoms with van der Waals surface area (Å²) in [6.45, 7) is 2.53. The summed E-state index contributed by atoms with van der Waals surface area (Å²) in [5, 5.41) is 2.86. The number of amides is 2. The molecule has 0 saturated carbocycles. The topological polar surface area (TPSA) is 49.4 Å². The van der Waals surface area contributed by atoms with Gasteiger partial charge in [-0.15, -0.1) is 0 Å². The summed E-state index contributed by atoms with van der Waals surface area (Å²) >= 11 is 0. The van der Waals surface area contributed by atoms with Crippen molar-refractivity contribution in [2.45, 2.75) is 32.2 Å². The van der Waals surface area contributed by atoms with Crippen molar-refractivity contribution < 1.29 is 14.0 Å². The predicted octanol–water partition coefficient (Wildman–Crippen LogP) is 3.63. The molecule has 1 aliphatic heterocycles. The van der Waals surface area contributed by atoms with Crippen LogP contribution in [0.5, 0.6) is 0 Å². The largest absolute Gasteiger partial charge is 0.327 e. The van der Waals surface area contributed by atoms with Gasteiger partial charge in [-0.2, -0.15) is 0 Å². The van der Waals surface area contributed by atoms with Crippen LogP contribution in [-0.2, 0) is 11.2 Å². The zero-order chi connectivity index (χ0) is 17.8. The van der Waals surface area contributed by atoms with Crippen LogP contribution < -0.4 is 5.32 Å². The minimum Gasteiger partial charge on any atom is -0.327 e. The Kier molecular flexibility index (Phi) is 5.12. The number of anilines is 1. The highest BCUT2D eigenvalue weighted by atomic mass is 19.1. The van der Waals surface area contributed by atoms with E-state index >= 15 is 0 Å². The summed E-state index contributed by atoms with van der Waals surface area (Å²) in [4.78, 5) is 26.7. The van der Waals surface area contributed by atoms with Crippen LogP contribution in [0, 0.1) is 5.82 Å². The van der Waals surface area contributed by atoms with Gasteiger partial charge in [0.15, 0.2) is 0 Å². The number of hydrogen-bond acceptors (Lipinski definition) is 2. The van der Waals surface area contributed by atoms with Gasteiger partial charge in [0.25, 0.3) is 5.91 Å². The standard InChI is InChI=1S/C20H21FN2O2/c1-2-14-9-11-15(12-10-14)22-19(24)18-8-5-13-23(18)20(25)16-6-3-4-7-17(16)21/h3-4,6-7,9-12,18H,2,5,8,13H2,1H3,(H,22,24)/t18-/m0/s1. The molecule has 1 saturated heterocycles. The van der Waals surface area contributed by atoms with Crippen molar-refractivity contribution >= 4 is 17.5 Å². The minimum atomic E-state index is -0.571. The maximum atomic E-state index is 13.9. The highest BCUT2D eigenvalue weighted by Crippen LogP contribution is 2.23. The fourth-order valence-electron chi connectivity index (χ4n) is 3.12. The molecular weight excluding hydrogens is 319 g/mol. The van der Waals surface area contributed by atoms with Crippen LogP contribution in [0.15, 0.2) is 48.5 Å². The van der Waals surface area contributed by atoms with Gasteiger partial charge in [0.1, 0.15) is 11.9 Å². The van der Waals surface area contributed by atoms with Crippen LogP contribution in [0.4, 0.5) is 10.1 Å². The smallest absolute Gasteiger partial charge is 0.257 e. The van der Waals surface area contributed by atoms with Crippen LogP contribution in [0.3, 0.4) is 0 Å². The number of likely N-dealkylation sites (tertiary alicyclic amines) is 1. The number of aryl methyl sites for hydroxylation is 1. The number of hydrogen-bond donors (Lipinski definition) is 1. The monoisotopic (exact) mass is 340 g/mol. The van der Waals surface area contributed by atoms with Crippen LogP contribution >= 0.6 is 0 Å². The van der Waals surface area contributed by atoms with Crippen LogP contribution in [0.25, 0.3) is 0 Å². The van der Waals surface area contributed by atoms with E-state index in [1.54, 1.807) is 12.1 Å². The van der Waals surface area contributed by atoms with Crippen molar-refractivity contribution in [1.29, 1.82) is 0 Å². The second kappa shape index (κ2) is 7.47. The molecule has 1 aliphatic rings. The fourth-order valence-corrected chi connectivity index (χ4v) is 3.12. The van der Waals surface area contributed by atoms with Gasteiger partial charge in [-0.25, -0.2) is 4.39 Å². The first-order valence-electron chi connectivity index (χ1n) is 8.55. The van der Waals surface area contributed by atoms with Crippen LogP contribution in [-0.4, -0.2) is 29.3 Å². The van der Waals surface area contributed by atoms with E-state index in [0.717, 1.165) is 12.8 Å². The van der Waals surface area contributed by atoms with Gasteiger partial charge in [0.2, 0.25) is 5.91 Å². The Hall–Kier alpha value is -2.69. The lowest BCUT2D eigenvalue weighted by Crippen LogP contribution is -2.43. The molecule has 5 heteroatoms. The van der Waals surface area contributed by atoms with Gasteiger partial charge in [-0.05, 0) is 49.1 Å². The number of rotatable bonds is 4. The highest BCUT2D eigenvalue weighted by Gasteiger charge is 2.35. The van der Waals surface area contributed by atoms with Gasteiger partial charge in [0, 0.05) is 12.2 Å². The summed E-state index contributed by atoms with van der Waals surface area (Å²) < 4.78 is 13.9. The Labute approximate surface area is 146 Å². The molecule has 1 N–H and O–H groups in total. The molecule has 0 bridgehead atoms. The van der Waals surface area contributed by atoms with Gasteiger partial charge in [-0.1, -0.05) is 31.2 Å². The fraction of sp³-hybridized carbons (Fsp3) is 0.300. The van der Waals surface area contributed by atoms with Gasteiger partial charge in [-0.3, -0.25) is 9.59 Å². The molecule has 3 rings (SSSR count). The van der Waals surface area contributed by atoms with E-state index in [0.29, 0.717) is 18.7 Å². The summed E-state index contributed by atoms with van der Waals surface area (Å²) in [6, 6.07) is 12.9. The molecule has 0 aromatic heterocycles. The molecule has 0 aliphatic carbocycles. The van der Waals surface area contributed by atoms with Crippen molar-refractivity contribution in [2.24, 2.45) is 0 Å². The Morgan fingerprint density at radius 2 is 1.88 bits per heavy atom. The minimum absolute atomic E-state index is 0.00880. The van der Waals surface area contributed by atoms with E-state index in [1.807, 2.05) is 24.3 Å². The third-order valence-corrected chi connectivity index (χ3v) is 4.55. The molecule has 25 heavy (non-hydrogen) atoms. The quantitative estimate of drug-likeness (QED) is 0.924. The average Bonchev–Trinajstić information content (AvgIpc) is 3.12. The molecule has 2 aromatic carbocycles. The number of carbonyl (C=O) groups excluding carboxylic acids is 2. The lowest BCUT2D eigenvalue weighted by atomic mass is 10.1. The Morgan fingerprint density at radius 3 is 2.56 bits per heavy atom. The van der Waals surface area contributed by atoms with Crippen molar-refractivity contribution in [2.75, 3.05) is 11.9 Å². The average molecular weight is 340 g/mol. The first kappa shape index (κ1) is 17.1. The molecule has 1 heterocycles. The Bertz CT molecular complexity index is 774. The van der Waals surface area contributed by atoms with E-state index in [4.69, 9.17) is 0 Å². The Morgan fingerprint density at radius 1 is 1.16 bits per heavy atom. The normalized spacial score (nSPS) is 16.7. The van der Waals surface area contributed by atoms with Crippen LogP contribution in [0.1, 0.15) is 35.7 Å². The van der Waals surface area contributed by atoms with Gasteiger partial charge in [0.05, 0.1) is 5.56 Å². The van der Waals surface area contributed by atoms with E-state index in [2.05, 4.69) is 12.2 Å². The molecule has 2 amide bonds. The summed E-state index contributed by atoms with van der Waals surface area (Å²) in [6.07, 6.45) is 2.24. The maximum absolute atomic E-state index is 13.9. The maximum Gasteiger partial charge on any atom is 0.257 e.